The summed E-state index contributed by atoms with van der Waals surface area (Å²) in [5, 5.41) is 2.61. The van der Waals surface area contributed by atoms with Gasteiger partial charge in [0.25, 0.3) is 5.91 Å². The predicted octanol–water partition coefficient (Wildman–Crippen LogP) is 2.53. The second-order valence-corrected chi connectivity index (χ2v) is 7.31. The van der Waals surface area contributed by atoms with Crippen LogP contribution in [-0.2, 0) is 9.84 Å². The molecular weight excluding hydrogens is 314 g/mol. The monoisotopic (exact) mass is 329 g/mol. The number of amides is 1. The summed E-state index contributed by atoms with van der Waals surface area (Å²) in [5.41, 5.74) is 2.69. The van der Waals surface area contributed by atoms with Gasteiger partial charge in [-0.1, -0.05) is 18.2 Å². The zero-order chi connectivity index (χ0) is 16.6. The molecule has 0 aliphatic heterocycles. The summed E-state index contributed by atoms with van der Waals surface area (Å²) >= 11 is 0. The van der Waals surface area contributed by atoms with E-state index in [0.29, 0.717) is 0 Å². The Kier molecular flexibility index (Phi) is 3.65. The maximum Gasteiger partial charge on any atom is 0.259 e. The summed E-state index contributed by atoms with van der Waals surface area (Å²) < 4.78 is 23.6. The van der Waals surface area contributed by atoms with Gasteiger partial charge in [-0.15, -0.1) is 0 Å². The van der Waals surface area contributed by atoms with Gasteiger partial charge < -0.3 is 4.98 Å². The van der Waals surface area contributed by atoms with Crippen molar-refractivity contribution >= 4 is 32.7 Å². The molecule has 118 valence electrons. The number of carbonyl (C=O) groups excluding carboxylic acids is 1. The lowest BCUT2D eigenvalue weighted by atomic mass is 10.2. The largest absolute Gasteiger partial charge is 0.324 e. The maximum absolute atomic E-state index is 12.4. The molecule has 0 saturated heterocycles. The fourth-order valence-corrected chi connectivity index (χ4v) is 3.22. The van der Waals surface area contributed by atoms with Gasteiger partial charge >= 0.3 is 0 Å². The van der Waals surface area contributed by atoms with Gasteiger partial charge in [0.1, 0.15) is 0 Å². The molecule has 1 heterocycles. The number of nitrogens with zero attached hydrogens (tertiary/aromatic N) is 1. The van der Waals surface area contributed by atoms with Gasteiger partial charge in [0.15, 0.2) is 9.84 Å². The van der Waals surface area contributed by atoms with Crippen LogP contribution in [0.25, 0.3) is 11.0 Å². The Morgan fingerprint density at radius 2 is 1.91 bits per heavy atom. The third kappa shape index (κ3) is 3.09. The van der Waals surface area contributed by atoms with E-state index in [0.717, 1.165) is 22.9 Å². The Bertz CT molecular complexity index is 1010. The van der Waals surface area contributed by atoms with Crippen molar-refractivity contribution in [3.8, 4) is 0 Å². The minimum absolute atomic E-state index is 0.00976. The summed E-state index contributed by atoms with van der Waals surface area (Å²) in [7, 11) is -3.49. The molecule has 1 amide bonds. The third-order valence-electron chi connectivity index (χ3n) is 3.40. The van der Waals surface area contributed by atoms with Gasteiger partial charge in [-0.3, -0.25) is 10.1 Å². The van der Waals surface area contributed by atoms with Gasteiger partial charge in [0.05, 0.1) is 21.5 Å². The number of aromatic amines is 1. The Balaban J connectivity index is 1.95. The number of hydrogen-bond acceptors (Lipinski definition) is 4. The molecule has 3 aromatic rings. The summed E-state index contributed by atoms with van der Waals surface area (Å²) in [5.74, 6) is -0.249. The molecule has 23 heavy (non-hydrogen) atoms. The number of aromatic nitrogens is 2. The van der Waals surface area contributed by atoms with E-state index in [2.05, 4.69) is 15.3 Å². The van der Waals surface area contributed by atoms with Crippen molar-refractivity contribution in [1.82, 2.24) is 9.97 Å². The van der Waals surface area contributed by atoms with Crippen LogP contribution in [0.4, 0.5) is 5.95 Å². The number of H-pyrrole nitrogens is 1. The number of anilines is 1. The smallest absolute Gasteiger partial charge is 0.259 e. The second-order valence-electron chi connectivity index (χ2n) is 5.33. The third-order valence-corrected chi connectivity index (χ3v) is 4.56. The number of imidazole rings is 1. The van der Waals surface area contributed by atoms with E-state index in [1.165, 1.54) is 12.1 Å². The summed E-state index contributed by atoms with van der Waals surface area (Å²) in [4.78, 5) is 19.7. The number of carbonyl (C=O) groups is 1. The standard InChI is InChI=1S/C16H15N3O3S/c1-10-7-8-12-13(9-10)18-16(17-12)19-15(20)11-5-3-4-6-14(11)23(2,21)22/h3-9H,1-2H3,(H2,17,18,19,20). The number of benzene rings is 2. The molecule has 0 radical (unpaired) electrons. The van der Waals surface area contributed by atoms with Crippen LogP contribution in [0.2, 0.25) is 0 Å². The van der Waals surface area contributed by atoms with Crippen molar-refractivity contribution in [3.63, 3.8) is 0 Å². The molecule has 0 saturated carbocycles. The second kappa shape index (κ2) is 5.51. The number of aryl methyl sites for hydroxylation is 1. The average Bonchev–Trinajstić information content (AvgIpc) is 2.87. The molecule has 2 N–H and O–H groups in total. The van der Waals surface area contributed by atoms with Crippen molar-refractivity contribution in [2.75, 3.05) is 11.6 Å². The van der Waals surface area contributed by atoms with Crippen LogP contribution < -0.4 is 5.32 Å². The fourth-order valence-electron chi connectivity index (χ4n) is 2.34. The van der Waals surface area contributed by atoms with Crippen LogP contribution >= 0.6 is 0 Å². The minimum atomic E-state index is -3.49. The molecular formula is C16H15N3O3S. The van der Waals surface area contributed by atoms with Gasteiger partial charge in [0.2, 0.25) is 5.95 Å². The lowest BCUT2D eigenvalue weighted by molar-refractivity contribution is 0.102. The zero-order valence-electron chi connectivity index (χ0n) is 12.6. The number of nitrogens with one attached hydrogen (secondary N) is 2. The Morgan fingerprint density at radius 3 is 2.65 bits per heavy atom. The molecule has 0 aliphatic carbocycles. The average molecular weight is 329 g/mol. The van der Waals surface area contributed by atoms with E-state index in [1.54, 1.807) is 12.1 Å². The quantitative estimate of drug-likeness (QED) is 0.772. The Hall–Kier alpha value is -2.67. The van der Waals surface area contributed by atoms with E-state index in [9.17, 15) is 13.2 Å². The van der Waals surface area contributed by atoms with Crippen LogP contribution in [0.1, 0.15) is 15.9 Å². The van der Waals surface area contributed by atoms with Crippen LogP contribution in [0, 0.1) is 6.92 Å². The molecule has 0 unspecified atom stereocenters. The molecule has 0 atom stereocenters. The predicted molar refractivity (Wildman–Crippen MR) is 88.3 cm³/mol. The van der Waals surface area contributed by atoms with E-state index in [1.807, 2.05) is 25.1 Å². The van der Waals surface area contributed by atoms with Crippen molar-refractivity contribution in [1.29, 1.82) is 0 Å². The number of hydrogen-bond donors (Lipinski definition) is 2. The van der Waals surface area contributed by atoms with Crippen molar-refractivity contribution in [2.45, 2.75) is 11.8 Å². The SMILES string of the molecule is Cc1ccc2nc(NC(=O)c3ccccc3S(C)(=O)=O)[nH]c2c1. The van der Waals surface area contributed by atoms with Gasteiger partial charge in [-0.2, -0.15) is 0 Å². The number of sulfone groups is 1. The normalized spacial score (nSPS) is 11.6. The van der Waals surface area contributed by atoms with Crippen molar-refractivity contribution in [3.05, 3.63) is 53.6 Å². The van der Waals surface area contributed by atoms with Crippen molar-refractivity contribution < 1.29 is 13.2 Å². The molecule has 6 nitrogen and oxygen atoms in total. The van der Waals surface area contributed by atoms with E-state index >= 15 is 0 Å². The van der Waals surface area contributed by atoms with Crippen LogP contribution in [0.5, 0.6) is 0 Å². The molecule has 7 heteroatoms. The van der Waals surface area contributed by atoms with Crippen LogP contribution in [-0.4, -0.2) is 30.5 Å². The topological polar surface area (TPSA) is 91.9 Å². The molecule has 2 aromatic carbocycles. The van der Waals surface area contributed by atoms with E-state index in [4.69, 9.17) is 0 Å². The van der Waals surface area contributed by atoms with Crippen molar-refractivity contribution in [2.24, 2.45) is 0 Å². The zero-order valence-corrected chi connectivity index (χ0v) is 13.4. The first-order valence-electron chi connectivity index (χ1n) is 6.91. The fraction of sp³-hybridized carbons (Fsp3) is 0.125. The number of rotatable bonds is 3. The van der Waals surface area contributed by atoms with Crippen LogP contribution in [0.3, 0.4) is 0 Å². The van der Waals surface area contributed by atoms with Gasteiger partial charge in [-0.05, 0) is 36.8 Å². The molecule has 0 aliphatic rings. The molecule has 3 rings (SSSR count). The van der Waals surface area contributed by atoms with Gasteiger partial charge in [-0.25, -0.2) is 13.4 Å². The number of fused-ring (bicyclic) bond motifs is 1. The molecule has 0 bridgehead atoms. The summed E-state index contributed by atoms with van der Waals surface area (Å²) in [6.07, 6.45) is 1.07. The van der Waals surface area contributed by atoms with Gasteiger partial charge in [0, 0.05) is 6.26 Å². The first kappa shape index (κ1) is 15.2. The molecule has 1 aromatic heterocycles. The lowest BCUT2D eigenvalue weighted by Gasteiger charge is -2.06. The Morgan fingerprint density at radius 1 is 1.17 bits per heavy atom. The highest BCUT2D eigenvalue weighted by Crippen LogP contribution is 2.19. The highest BCUT2D eigenvalue weighted by molar-refractivity contribution is 7.90. The highest BCUT2D eigenvalue weighted by Gasteiger charge is 2.19. The molecule has 0 fully saturated rings. The molecule has 0 spiro atoms. The summed E-state index contributed by atoms with van der Waals surface area (Å²) in [6, 6.07) is 11.8. The van der Waals surface area contributed by atoms with E-state index in [-0.39, 0.29) is 16.4 Å². The maximum atomic E-state index is 12.4. The van der Waals surface area contributed by atoms with Crippen LogP contribution in [0.15, 0.2) is 47.4 Å². The first-order chi connectivity index (χ1) is 10.8. The Labute approximate surface area is 133 Å². The minimum Gasteiger partial charge on any atom is -0.324 e. The lowest BCUT2D eigenvalue weighted by Crippen LogP contribution is -2.16. The summed E-state index contributed by atoms with van der Waals surface area (Å²) in [6.45, 7) is 1.96. The van der Waals surface area contributed by atoms with E-state index < -0.39 is 15.7 Å². The first-order valence-corrected chi connectivity index (χ1v) is 8.80. The highest BCUT2D eigenvalue weighted by atomic mass is 32.2.